The molecule has 2 N–H and O–H groups in total. The Morgan fingerprint density at radius 1 is 1.59 bits per heavy atom. The second-order valence-corrected chi connectivity index (χ2v) is 5.92. The van der Waals surface area contributed by atoms with Gasteiger partial charge >= 0.3 is 5.97 Å². The second-order valence-electron chi connectivity index (χ2n) is 4.21. The Morgan fingerprint density at radius 3 is 3.14 bits per heavy atom. The molecule has 2 aromatic rings. The molecule has 0 fully saturated rings. The zero-order chi connectivity index (χ0) is 15.9. The molecule has 1 aromatic heterocycles. The summed E-state index contributed by atoms with van der Waals surface area (Å²) >= 11 is 4.59. The number of aromatic nitrogens is 1. The van der Waals surface area contributed by atoms with Gasteiger partial charge in [-0.1, -0.05) is 0 Å². The van der Waals surface area contributed by atoms with Crippen molar-refractivity contribution in [1.29, 1.82) is 0 Å². The van der Waals surface area contributed by atoms with Crippen LogP contribution < -0.4 is 5.43 Å². The lowest BCUT2D eigenvalue weighted by atomic mass is 10.2. The number of carbonyl (C=O) groups is 1. The van der Waals surface area contributed by atoms with Gasteiger partial charge < -0.3 is 9.84 Å². The van der Waals surface area contributed by atoms with E-state index >= 15 is 0 Å². The van der Waals surface area contributed by atoms with Crippen LogP contribution in [0.1, 0.15) is 18.2 Å². The smallest absolute Gasteiger partial charge is 0.311 e. The Bertz CT molecular complexity index is 688. The van der Waals surface area contributed by atoms with Gasteiger partial charge in [-0.15, -0.1) is 11.3 Å². The van der Waals surface area contributed by atoms with Crippen molar-refractivity contribution in [3.8, 4) is 5.75 Å². The molecule has 0 aliphatic rings. The summed E-state index contributed by atoms with van der Waals surface area (Å²) in [7, 11) is 0. The van der Waals surface area contributed by atoms with Crippen molar-refractivity contribution in [3.05, 3.63) is 39.3 Å². The van der Waals surface area contributed by atoms with E-state index in [1.54, 1.807) is 36.7 Å². The van der Waals surface area contributed by atoms with Crippen molar-refractivity contribution in [2.75, 3.05) is 12.0 Å². The molecule has 0 saturated carbocycles. The van der Waals surface area contributed by atoms with Crippen molar-refractivity contribution < 1.29 is 14.6 Å². The fraction of sp³-hybridized carbons (Fsp3) is 0.214. The summed E-state index contributed by atoms with van der Waals surface area (Å²) in [5.41, 5.74) is 4.27. The Kier molecular flexibility index (Phi) is 5.91. The van der Waals surface area contributed by atoms with Gasteiger partial charge in [0.25, 0.3) is 0 Å². The predicted octanol–water partition coefficient (Wildman–Crippen LogP) is 3.16. The number of phenols is 1. The summed E-state index contributed by atoms with van der Waals surface area (Å²) in [6.07, 6.45) is 1.76. The molecule has 1 heterocycles. The van der Waals surface area contributed by atoms with E-state index < -0.39 is 0 Å². The number of esters is 1. The molecule has 0 amide bonds. The number of nitrogens with zero attached hydrogens (tertiary/aromatic N) is 2. The molecule has 116 valence electrons. The number of rotatable bonds is 6. The third-order valence-corrected chi connectivity index (χ3v) is 3.96. The van der Waals surface area contributed by atoms with Crippen LogP contribution >= 0.6 is 27.3 Å². The van der Waals surface area contributed by atoms with Crippen LogP contribution in [-0.4, -0.2) is 28.9 Å². The predicted molar refractivity (Wildman–Crippen MR) is 89.5 cm³/mol. The van der Waals surface area contributed by atoms with Gasteiger partial charge in [-0.05, 0) is 46.6 Å². The van der Waals surface area contributed by atoms with Gasteiger partial charge in [-0.25, -0.2) is 4.98 Å². The lowest BCUT2D eigenvalue weighted by molar-refractivity contribution is -0.142. The van der Waals surface area contributed by atoms with Crippen molar-refractivity contribution in [2.24, 2.45) is 5.10 Å². The summed E-state index contributed by atoms with van der Waals surface area (Å²) in [5.74, 6) is -0.120. The van der Waals surface area contributed by atoms with Crippen LogP contribution in [0.25, 0.3) is 0 Å². The van der Waals surface area contributed by atoms with Gasteiger partial charge in [0.05, 0.1) is 29.4 Å². The lowest BCUT2D eigenvalue weighted by Gasteiger charge is -1.99. The zero-order valence-electron chi connectivity index (χ0n) is 11.7. The van der Waals surface area contributed by atoms with Crippen LogP contribution in [0.3, 0.4) is 0 Å². The number of benzene rings is 1. The van der Waals surface area contributed by atoms with Gasteiger partial charge in [0.15, 0.2) is 0 Å². The van der Waals surface area contributed by atoms with Crippen LogP contribution in [-0.2, 0) is 16.0 Å². The number of aromatic hydroxyl groups is 1. The third kappa shape index (κ3) is 4.81. The minimum Gasteiger partial charge on any atom is -0.507 e. The molecule has 0 aliphatic heterocycles. The quantitative estimate of drug-likeness (QED) is 0.454. The number of halogens is 1. The molecule has 2 rings (SSSR count). The number of ether oxygens (including phenoxy) is 1. The standard InChI is InChI=1S/C14H14BrN3O3S/c1-2-21-13(20)6-10-8-22-14(17-10)18-16-7-9-3-4-12(19)11(15)5-9/h3-5,7-8,19H,2,6H2,1H3,(H,17,18). The average molecular weight is 384 g/mol. The highest BCUT2D eigenvalue weighted by molar-refractivity contribution is 9.10. The van der Waals surface area contributed by atoms with E-state index in [0.29, 0.717) is 21.9 Å². The third-order valence-electron chi connectivity index (χ3n) is 2.53. The number of carbonyl (C=O) groups excluding carboxylic acids is 1. The first-order valence-electron chi connectivity index (χ1n) is 6.46. The van der Waals surface area contributed by atoms with E-state index in [0.717, 1.165) is 5.56 Å². The van der Waals surface area contributed by atoms with Crippen molar-refractivity contribution in [1.82, 2.24) is 4.98 Å². The number of hydrogen-bond acceptors (Lipinski definition) is 7. The molecule has 0 atom stereocenters. The van der Waals surface area contributed by atoms with Crippen molar-refractivity contribution in [2.45, 2.75) is 13.3 Å². The number of thiazole rings is 1. The highest BCUT2D eigenvalue weighted by atomic mass is 79.9. The van der Waals surface area contributed by atoms with Crippen LogP contribution in [0, 0.1) is 0 Å². The highest BCUT2D eigenvalue weighted by Gasteiger charge is 2.07. The summed E-state index contributed by atoms with van der Waals surface area (Å²) in [5, 5.41) is 15.8. The molecule has 6 nitrogen and oxygen atoms in total. The maximum atomic E-state index is 11.3. The first kappa shape index (κ1) is 16.4. The number of nitrogens with one attached hydrogen (secondary N) is 1. The largest absolute Gasteiger partial charge is 0.507 e. The monoisotopic (exact) mass is 383 g/mol. The van der Waals surface area contributed by atoms with Crippen LogP contribution in [0.15, 0.2) is 33.2 Å². The van der Waals surface area contributed by atoms with E-state index in [4.69, 9.17) is 4.74 Å². The van der Waals surface area contributed by atoms with Gasteiger partial charge in [0.1, 0.15) is 5.75 Å². The van der Waals surface area contributed by atoms with Crippen LogP contribution in [0.5, 0.6) is 5.75 Å². The van der Waals surface area contributed by atoms with E-state index in [1.165, 1.54) is 11.3 Å². The molecule has 0 aliphatic carbocycles. The molecule has 0 saturated heterocycles. The number of hydrogen-bond donors (Lipinski definition) is 2. The van der Waals surface area contributed by atoms with Crippen molar-refractivity contribution in [3.63, 3.8) is 0 Å². The maximum absolute atomic E-state index is 11.3. The number of hydrazone groups is 1. The molecule has 0 unspecified atom stereocenters. The van der Waals surface area contributed by atoms with E-state index in [9.17, 15) is 9.90 Å². The Hall–Kier alpha value is -1.93. The molecule has 1 aromatic carbocycles. The minimum atomic E-state index is -0.295. The molecule has 8 heteroatoms. The fourth-order valence-electron chi connectivity index (χ4n) is 1.56. The summed E-state index contributed by atoms with van der Waals surface area (Å²) in [4.78, 5) is 15.6. The number of anilines is 1. The SMILES string of the molecule is CCOC(=O)Cc1csc(NN=Cc2ccc(O)c(Br)c2)n1. The average Bonchev–Trinajstić information content (AvgIpc) is 2.90. The molecule has 0 radical (unpaired) electrons. The van der Waals surface area contributed by atoms with Crippen LogP contribution in [0.4, 0.5) is 5.13 Å². The van der Waals surface area contributed by atoms with E-state index in [2.05, 4.69) is 31.4 Å². The summed E-state index contributed by atoms with van der Waals surface area (Å²) in [6, 6.07) is 5.06. The van der Waals surface area contributed by atoms with Gasteiger partial charge in [0, 0.05) is 5.38 Å². The van der Waals surface area contributed by atoms with Gasteiger partial charge in [-0.2, -0.15) is 5.10 Å². The second kappa shape index (κ2) is 7.90. The highest BCUT2D eigenvalue weighted by Crippen LogP contribution is 2.23. The molecule has 0 spiro atoms. The Labute approximate surface area is 140 Å². The molecule has 22 heavy (non-hydrogen) atoms. The molecular formula is C14H14BrN3O3S. The topological polar surface area (TPSA) is 83.8 Å². The Balaban J connectivity index is 1.91. The fourth-order valence-corrected chi connectivity index (χ4v) is 2.62. The lowest BCUT2D eigenvalue weighted by Crippen LogP contribution is -2.07. The normalized spacial score (nSPS) is 10.8. The first-order chi connectivity index (χ1) is 10.6. The summed E-state index contributed by atoms with van der Waals surface area (Å²) < 4.78 is 5.47. The minimum absolute atomic E-state index is 0.153. The summed E-state index contributed by atoms with van der Waals surface area (Å²) in [6.45, 7) is 2.13. The van der Waals surface area contributed by atoms with Gasteiger partial charge in [0.2, 0.25) is 5.13 Å². The molecule has 0 bridgehead atoms. The van der Waals surface area contributed by atoms with Crippen molar-refractivity contribution >= 4 is 44.6 Å². The molecular weight excluding hydrogens is 370 g/mol. The van der Waals surface area contributed by atoms with Crippen LogP contribution in [0.2, 0.25) is 0 Å². The maximum Gasteiger partial charge on any atom is 0.311 e. The first-order valence-corrected chi connectivity index (χ1v) is 8.13. The van der Waals surface area contributed by atoms with E-state index in [1.807, 2.05) is 0 Å². The van der Waals surface area contributed by atoms with E-state index in [-0.39, 0.29) is 18.1 Å². The Morgan fingerprint density at radius 2 is 2.41 bits per heavy atom. The van der Waals surface area contributed by atoms with Gasteiger partial charge in [-0.3, -0.25) is 10.2 Å². The zero-order valence-corrected chi connectivity index (χ0v) is 14.1. The number of phenolic OH excluding ortho intramolecular Hbond substituents is 1.